The molecule has 1 aliphatic heterocycles. The second-order valence-corrected chi connectivity index (χ2v) is 13.2. The van der Waals surface area contributed by atoms with Crippen LogP contribution in [0.25, 0.3) is 0 Å². The number of halogens is 1. The summed E-state index contributed by atoms with van der Waals surface area (Å²) in [6, 6.07) is 13.3. The van der Waals surface area contributed by atoms with Crippen LogP contribution >= 0.6 is 11.6 Å². The third kappa shape index (κ3) is 7.92. The van der Waals surface area contributed by atoms with Gasteiger partial charge in [0.25, 0.3) is 5.91 Å². The van der Waals surface area contributed by atoms with Crippen LogP contribution in [0.1, 0.15) is 33.7 Å². The van der Waals surface area contributed by atoms with Gasteiger partial charge in [-0.05, 0) is 24.6 Å². The Balaban J connectivity index is 1.46. The Hall–Kier alpha value is -4.47. The molecule has 5 rings (SSSR count). The van der Waals surface area contributed by atoms with Crippen molar-refractivity contribution in [1.29, 1.82) is 0 Å². The zero-order chi connectivity index (χ0) is 33.6. The van der Waals surface area contributed by atoms with E-state index in [1.165, 1.54) is 16.1 Å². The van der Waals surface area contributed by atoms with Crippen molar-refractivity contribution in [3.05, 3.63) is 82.4 Å². The topological polar surface area (TPSA) is 163 Å². The molecule has 2 bridgehead atoms. The van der Waals surface area contributed by atoms with E-state index in [2.05, 4.69) is 26.0 Å². The van der Waals surface area contributed by atoms with Gasteiger partial charge in [0, 0.05) is 58.7 Å². The van der Waals surface area contributed by atoms with Crippen molar-refractivity contribution in [1.82, 2.24) is 39.7 Å². The van der Waals surface area contributed by atoms with Gasteiger partial charge in [0.05, 0.1) is 30.7 Å². The summed E-state index contributed by atoms with van der Waals surface area (Å²) in [4.78, 5) is 27.2. The smallest absolute Gasteiger partial charge is 0.255 e. The number of benzene rings is 2. The van der Waals surface area contributed by atoms with Crippen LogP contribution in [0.5, 0.6) is 11.5 Å². The van der Waals surface area contributed by atoms with E-state index in [1.807, 2.05) is 30.3 Å². The van der Waals surface area contributed by atoms with Crippen molar-refractivity contribution in [3.63, 3.8) is 0 Å². The van der Waals surface area contributed by atoms with E-state index in [-0.39, 0.29) is 66.1 Å². The van der Waals surface area contributed by atoms with Crippen molar-refractivity contribution in [2.24, 2.45) is 7.05 Å². The lowest BCUT2D eigenvalue weighted by molar-refractivity contribution is -0.123. The van der Waals surface area contributed by atoms with Crippen molar-refractivity contribution in [2.45, 2.75) is 43.7 Å². The number of rotatable bonds is 5. The summed E-state index contributed by atoms with van der Waals surface area (Å²) in [5.74, 6) is -0.379. The van der Waals surface area contributed by atoms with Gasteiger partial charge in [-0.25, -0.2) is 8.42 Å². The molecule has 14 nitrogen and oxygen atoms in total. The van der Waals surface area contributed by atoms with E-state index < -0.39 is 27.9 Å². The summed E-state index contributed by atoms with van der Waals surface area (Å²) < 4.78 is 43.6. The molecule has 0 saturated heterocycles. The van der Waals surface area contributed by atoms with Crippen LogP contribution in [0.4, 0.5) is 0 Å². The average Bonchev–Trinajstić information content (AvgIpc) is 3.62. The number of nitrogens with zero attached hydrogens (tertiary/aromatic N) is 6. The average molecular weight is 685 g/mol. The Bertz CT molecular complexity index is 1830. The van der Waals surface area contributed by atoms with Crippen LogP contribution < -0.4 is 20.1 Å². The maximum atomic E-state index is 13.9. The second-order valence-electron chi connectivity index (χ2n) is 11.0. The fourth-order valence-corrected chi connectivity index (χ4v) is 7.46. The molecule has 0 unspecified atom stereocenters. The highest BCUT2D eigenvalue weighted by atomic mass is 35.5. The van der Waals surface area contributed by atoms with Crippen LogP contribution in [-0.2, 0) is 41.3 Å². The molecule has 2 N–H and O–H groups in total. The van der Waals surface area contributed by atoms with Gasteiger partial charge >= 0.3 is 0 Å². The first-order chi connectivity index (χ1) is 22.6. The van der Waals surface area contributed by atoms with Gasteiger partial charge < -0.3 is 20.1 Å². The largest absolute Gasteiger partial charge is 0.493 e. The molecule has 0 saturated carbocycles. The van der Waals surface area contributed by atoms with Crippen molar-refractivity contribution < 1.29 is 27.5 Å². The minimum atomic E-state index is -4.13. The van der Waals surface area contributed by atoms with Crippen molar-refractivity contribution in [2.75, 3.05) is 33.4 Å². The third-order valence-corrected chi connectivity index (χ3v) is 10.3. The Morgan fingerprint density at radius 2 is 1.87 bits per heavy atom. The Labute approximate surface area is 278 Å². The summed E-state index contributed by atoms with van der Waals surface area (Å²) in [6.07, 6.45) is 2.73. The fraction of sp³-hybridized carbons (Fsp3) is 0.387. The number of nitrogens with one attached hydrogen (secondary N) is 2. The van der Waals surface area contributed by atoms with Crippen LogP contribution in [0.15, 0.2) is 59.6 Å². The third-order valence-electron chi connectivity index (χ3n) is 7.69. The first-order valence-electron chi connectivity index (χ1n) is 15.1. The first kappa shape index (κ1) is 33.9. The summed E-state index contributed by atoms with van der Waals surface area (Å²) in [6.45, 7) is 2.20. The van der Waals surface area contributed by atoms with Gasteiger partial charge in [0.1, 0.15) is 16.1 Å². The Morgan fingerprint density at radius 1 is 1.09 bits per heavy atom. The van der Waals surface area contributed by atoms with Crippen LogP contribution in [0.2, 0.25) is 5.15 Å². The van der Waals surface area contributed by atoms with Crippen molar-refractivity contribution >= 4 is 33.4 Å². The zero-order valence-corrected chi connectivity index (χ0v) is 27.9. The maximum Gasteiger partial charge on any atom is 0.255 e. The quantitative estimate of drug-likeness (QED) is 0.321. The molecule has 1 aliphatic rings. The predicted molar refractivity (Wildman–Crippen MR) is 173 cm³/mol. The van der Waals surface area contributed by atoms with E-state index >= 15 is 0 Å². The summed E-state index contributed by atoms with van der Waals surface area (Å²) in [5, 5.41) is 18.2. The van der Waals surface area contributed by atoms with E-state index in [1.54, 1.807) is 43.0 Å². The van der Waals surface area contributed by atoms with Gasteiger partial charge in [-0.2, -0.15) is 9.40 Å². The number of ether oxygens (including phenoxy) is 2. The fourth-order valence-electron chi connectivity index (χ4n) is 5.31. The molecule has 250 valence electrons. The minimum absolute atomic E-state index is 0.0160. The molecular formula is C31H37ClN8O6S. The molecule has 0 fully saturated rings. The number of carbonyl (C=O) groups excluding carboxylic acids is 2. The molecule has 16 heteroatoms. The molecule has 47 heavy (non-hydrogen) atoms. The Morgan fingerprint density at radius 3 is 2.60 bits per heavy atom. The maximum absolute atomic E-state index is 13.9. The Kier molecular flexibility index (Phi) is 10.8. The molecule has 0 radical (unpaired) electrons. The first-order valence-corrected chi connectivity index (χ1v) is 16.9. The molecule has 2 amide bonds. The van der Waals surface area contributed by atoms with Gasteiger partial charge in [0.2, 0.25) is 15.9 Å². The lowest BCUT2D eigenvalue weighted by atomic mass is 10.0. The zero-order valence-electron chi connectivity index (χ0n) is 26.3. The number of carbonyl (C=O) groups is 2. The van der Waals surface area contributed by atoms with Gasteiger partial charge in [-0.15, -0.1) is 5.10 Å². The van der Waals surface area contributed by atoms with Crippen molar-refractivity contribution in [3.8, 4) is 11.5 Å². The highest BCUT2D eigenvalue weighted by Gasteiger charge is 2.32. The van der Waals surface area contributed by atoms with E-state index in [0.717, 1.165) is 5.56 Å². The number of para-hydroxylation sites is 1. The normalized spacial score (nSPS) is 17.3. The van der Waals surface area contributed by atoms with E-state index in [9.17, 15) is 18.0 Å². The minimum Gasteiger partial charge on any atom is -0.493 e. The molecule has 4 aromatic rings. The van der Waals surface area contributed by atoms with Gasteiger partial charge in [-0.3, -0.25) is 19.0 Å². The van der Waals surface area contributed by atoms with E-state index in [0.29, 0.717) is 24.4 Å². The number of fused-ring (bicyclic) bond motifs is 3. The molecule has 2 aromatic carbocycles. The van der Waals surface area contributed by atoms with Gasteiger partial charge in [0.15, 0.2) is 11.5 Å². The number of hydrogen-bond donors (Lipinski definition) is 2. The molecule has 0 aliphatic carbocycles. The number of amides is 2. The lowest BCUT2D eigenvalue weighted by Gasteiger charge is -2.23. The number of aryl methyl sites for hydroxylation is 3. The number of hydrogen-bond acceptors (Lipinski definition) is 9. The van der Waals surface area contributed by atoms with Crippen LogP contribution in [0, 0.1) is 6.92 Å². The van der Waals surface area contributed by atoms with E-state index in [4.69, 9.17) is 21.1 Å². The predicted octanol–water partition coefficient (Wildman–Crippen LogP) is 2.16. The molecule has 0 spiro atoms. The number of aromatic nitrogens is 5. The lowest BCUT2D eigenvalue weighted by Crippen LogP contribution is -2.50. The summed E-state index contributed by atoms with van der Waals surface area (Å²) >= 11 is 6.38. The standard InChI is InChI=1S/C31H37ClN8O6S/c1-21-28(29(32)38(2)36-21)47(43,44)40-16-13-23-20-39(37-35-23)15-8-18-46-27-24(11-7-12-26(27)45-3)30(41)34-25(31(42)33-14-17-40)19-22-9-5-4-6-10-22/h4-7,9-12,20,25H,8,13-19H2,1-3H3,(H,33,42)(H,34,41)/t25-/m0/s1. The molecule has 1 atom stereocenters. The van der Waals surface area contributed by atoms with Crippen LogP contribution in [0.3, 0.4) is 0 Å². The SMILES string of the molecule is COc1cccc2c1OCCCn1cc(nn1)CCN(S(=O)(=O)c1c(C)nn(C)c1Cl)CCNC(=O)[C@H](Cc1ccccc1)NC2=O. The molecule has 2 aromatic heterocycles. The molecule has 3 heterocycles. The number of methoxy groups -OCH3 is 1. The number of sulfonamides is 1. The second kappa shape index (κ2) is 15.0. The van der Waals surface area contributed by atoms with Crippen LogP contribution in [-0.4, -0.2) is 88.7 Å². The monoisotopic (exact) mass is 684 g/mol. The molecular weight excluding hydrogens is 648 g/mol. The highest BCUT2D eigenvalue weighted by molar-refractivity contribution is 7.89. The van der Waals surface area contributed by atoms with Gasteiger partial charge in [-0.1, -0.05) is 53.2 Å². The summed E-state index contributed by atoms with van der Waals surface area (Å²) in [5.41, 5.74) is 1.88. The summed E-state index contributed by atoms with van der Waals surface area (Å²) in [7, 11) is -1.08. The highest BCUT2D eigenvalue weighted by Crippen LogP contribution is 2.32.